The highest BCUT2D eigenvalue weighted by Gasteiger charge is 2.20. The fourth-order valence-electron chi connectivity index (χ4n) is 2.26. The van der Waals surface area contributed by atoms with Gasteiger partial charge in [-0.25, -0.2) is 4.39 Å². The molecule has 0 heterocycles. The molecule has 0 aliphatic rings. The topological polar surface area (TPSA) is 105 Å². The highest BCUT2D eigenvalue weighted by atomic mass is 19.1. The van der Waals surface area contributed by atoms with Crippen molar-refractivity contribution in [2.75, 3.05) is 24.2 Å². The monoisotopic (exact) mass is 372 g/mol. The quantitative estimate of drug-likeness (QED) is 0.689. The third-order valence-corrected chi connectivity index (χ3v) is 4.00. The van der Waals surface area contributed by atoms with Gasteiger partial charge in [-0.2, -0.15) is 0 Å². The van der Waals surface area contributed by atoms with Gasteiger partial charge in [0.15, 0.2) is 0 Å². The number of likely N-dealkylation sites (N-methyl/N-ethyl adjacent to an activating group) is 1. The number of nitrogens with one attached hydrogen (secondary N) is 2. The molecule has 8 heteroatoms. The van der Waals surface area contributed by atoms with Crippen molar-refractivity contribution in [3.05, 3.63) is 59.9 Å². The Kier molecular flexibility index (Phi) is 6.62. The number of hydrogen-bond acceptors (Lipinski definition) is 4. The molecule has 7 nitrogen and oxygen atoms in total. The van der Waals surface area contributed by atoms with Crippen molar-refractivity contribution in [1.29, 1.82) is 0 Å². The maximum Gasteiger partial charge on any atom is 0.248 e. The van der Waals surface area contributed by atoms with Crippen LogP contribution in [0.3, 0.4) is 0 Å². The Morgan fingerprint density at radius 1 is 1.00 bits per heavy atom. The van der Waals surface area contributed by atoms with E-state index in [0.717, 1.165) is 0 Å². The van der Waals surface area contributed by atoms with Gasteiger partial charge in [-0.05, 0) is 62.5 Å². The van der Waals surface area contributed by atoms with E-state index in [1.165, 1.54) is 36.4 Å². The van der Waals surface area contributed by atoms with Gasteiger partial charge < -0.3 is 16.4 Å². The zero-order valence-electron chi connectivity index (χ0n) is 15.0. The second-order valence-corrected chi connectivity index (χ2v) is 6.08. The molecule has 0 saturated carbocycles. The maximum absolute atomic E-state index is 12.9. The molecule has 0 aliphatic heterocycles. The van der Waals surface area contributed by atoms with Gasteiger partial charge in [0.2, 0.25) is 17.7 Å². The Balaban J connectivity index is 1.88. The van der Waals surface area contributed by atoms with E-state index < -0.39 is 11.9 Å². The summed E-state index contributed by atoms with van der Waals surface area (Å²) in [6.45, 7) is 1.64. The molecule has 3 amide bonds. The van der Waals surface area contributed by atoms with Gasteiger partial charge in [-0.1, -0.05) is 0 Å². The van der Waals surface area contributed by atoms with Crippen LogP contribution in [0.1, 0.15) is 17.3 Å². The molecule has 0 aromatic heterocycles. The number of anilines is 2. The second-order valence-electron chi connectivity index (χ2n) is 6.08. The third kappa shape index (κ3) is 5.89. The molecule has 0 saturated heterocycles. The second kappa shape index (κ2) is 8.91. The predicted molar refractivity (Wildman–Crippen MR) is 101 cm³/mol. The fraction of sp³-hybridized carbons (Fsp3) is 0.211. The Morgan fingerprint density at radius 2 is 1.52 bits per heavy atom. The van der Waals surface area contributed by atoms with E-state index in [0.29, 0.717) is 16.9 Å². The summed E-state index contributed by atoms with van der Waals surface area (Å²) in [7, 11) is 1.64. The SMILES string of the molecule is C[C@@H](C(=O)Nc1ccc(C(N)=O)cc1)N(C)CC(=O)Nc1ccc(F)cc1. The number of halogens is 1. The van der Waals surface area contributed by atoms with Crippen LogP contribution >= 0.6 is 0 Å². The van der Waals surface area contributed by atoms with Crippen LogP contribution in [0.5, 0.6) is 0 Å². The van der Waals surface area contributed by atoms with Crippen LogP contribution in [0.4, 0.5) is 15.8 Å². The van der Waals surface area contributed by atoms with Crippen molar-refractivity contribution in [2.45, 2.75) is 13.0 Å². The van der Waals surface area contributed by atoms with Gasteiger partial charge in [0, 0.05) is 16.9 Å². The predicted octanol–water partition coefficient (Wildman–Crippen LogP) is 1.82. The Hall–Kier alpha value is -3.26. The first-order valence-electron chi connectivity index (χ1n) is 8.22. The summed E-state index contributed by atoms with van der Waals surface area (Å²) in [5.74, 6) is -1.57. The van der Waals surface area contributed by atoms with E-state index in [9.17, 15) is 18.8 Å². The van der Waals surface area contributed by atoms with E-state index in [-0.39, 0.29) is 24.2 Å². The lowest BCUT2D eigenvalue weighted by molar-refractivity contribution is -0.122. The van der Waals surface area contributed by atoms with Crippen LogP contribution < -0.4 is 16.4 Å². The first-order chi connectivity index (χ1) is 12.8. The number of nitrogens with zero attached hydrogens (tertiary/aromatic N) is 1. The van der Waals surface area contributed by atoms with Crippen molar-refractivity contribution < 1.29 is 18.8 Å². The summed E-state index contributed by atoms with van der Waals surface area (Å²) in [5.41, 5.74) is 6.50. The summed E-state index contributed by atoms with van der Waals surface area (Å²) in [4.78, 5) is 37.0. The number of nitrogens with two attached hydrogens (primary N) is 1. The van der Waals surface area contributed by atoms with Gasteiger partial charge in [0.25, 0.3) is 0 Å². The molecule has 0 aliphatic carbocycles. The van der Waals surface area contributed by atoms with Crippen LogP contribution in [-0.4, -0.2) is 42.3 Å². The minimum Gasteiger partial charge on any atom is -0.366 e. The zero-order chi connectivity index (χ0) is 20.0. The molecule has 2 aromatic carbocycles. The lowest BCUT2D eigenvalue weighted by Gasteiger charge is -2.23. The first kappa shape index (κ1) is 20.1. The smallest absolute Gasteiger partial charge is 0.248 e. The molecule has 2 aromatic rings. The first-order valence-corrected chi connectivity index (χ1v) is 8.22. The summed E-state index contributed by atoms with van der Waals surface area (Å²) in [6, 6.07) is 11.0. The minimum atomic E-state index is -0.584. The number of rotatable bonds is 7. The number of carbonyl (C=O) groups excluding carboxylic acids is 3. The largest absolute Gasteiger partial charge is 0.366 e. The van der Waals surface area contributed by atoms with E-state index in [2.05, 4.69) is 10.6 Å². The van der Waals surface area contributed by atoms with Crippen LogP contribution in [0.2, 0.25) is 0 Å². The fourth-order valence-corrected chi connectivity index (χ4v) is 2.26. The van der Waals surface area contributed by atoms with Crippen molar-refractivity contribution in [1.82, 2.24) is 4.90 Å². The Morgan fingerprint density at radius 3 is 2.07 bits per heavy atom. The van der Waals surface area contributed by atoms with Crippen molar-refractivity contribution >= 4 is 29.1 Å². The van der Waals surface area contributed by atoms with Crippen molar-refractivity contribution in [3.63, 3.8) is 0 Å². The molecule has 1 atom stereocenters. The molecule has 27 heavy (non-hydrogen) atoms. The van der Waals surface area contributed by atoms with E-state index in [1.54, 1.807) is 31.0 Å². The van der Waals surface area contributed by atoms with Gasteiger partial charge in [0.1, 0.15) is 5.82 Å². The van der Waals surface area contributed by atoms with Gasteiger partial charge in [-0.15, -0.1) is 0 Å². The Bertz CT molecular complexity index is 822. The van der Waals surface area contributed by atoms with Gasteiger partial charge >= 0.3 is 0 Å². The summed E-state index contributed by atoms with van der Waals surface area (Å²) >= 11 is 0. The summed E-state index contributed by atoms with van der Waals surface area (Å²) < 4.78 is 12.9. The molecule has 0 spiro atoms. The highest BCUT2D eigenvalue weighted by Crippen LogP contribution is 2.11. The van der Waals surface area contributed by atoms with Crippen LogP contribution in [0.15, 0.2) is 48.5 Å². The van der Waals surface area contributed by atoms with Crippen LogP contribution in [0.25, 0.3) is 0 Å². The molecular formula is C19H21FN4O3. The lowest BCUT2D eigenvalue weighted by atomic mass is 10.2. The molecule has 0 unspecified atom stereocenters. The maximum atomic E-state index is 12.9. The third-order valence-electron chi connectivity index (χ3n) is 4.00. The standard InChI is InChI=1S/C19H21FN4O3/c1-12(19(27)23-16-7-3-13(4-8-16)18(21)26)24(2)11-17(25)22-15-9-5-14(20)6-10-15/h3-10,12H,11H2,1-2H3,(H2,21,26)(H,22,25)(H,23,27)/t12-/m0/s1. The van der Waals surface area contributed by atoms with E-state index >= 15 is 0 Å². The molecule has 4 N–H and O–H groups in total. The zero-order valence-corrected chi connectivity index (χ0v) is 15.0. The van der Waals surface area contributed by atoms with Gasteiger partial charge in [-0.3, -0.25) is 19.3 Å². The molecule has 0 radical (unpaired) electrons. The summed E-state index contributed by atoms with van der Waals surface area (Å²) in [6.07, 6.45) is 0. The Labute approximate surface area is 156 Å². The minimum absolute atomic E-state index is 0.0213. The molecule has 142 valence electrons. The van der Waals surface area contributed by atoms with Crippen LogP contribution in [0, 0.1) is 5.82 Å². The number of primary amides is 1. The number of benzene rings is 2. The molecule has 0 bridgehead atoms. The van der Waals surface area contributed by atoms with E-state index in [4.69, 9.17) is 5.73 Å². The molecular weight excluding hydrogens is 351 g/mol. The average molecular weight is 372 g/mol. The van der Waals surface area contributed by atoms with E-state index in [1.807, 2.05) is 0 Å². The average Bonchev–Trinajstić information content (AvgIpc) is 2.63. The molecule has 2 rings (SSSR count). The molecule has 0 fully saturated rings. The summed E-state index contributed by atoms with van der Waals surface area (Å²) in [5, 5.41) is 5.35. The lowest BCUT2D eigenvalue weighted by Crippen LogP contribution is -2.43. The van der Waals surface area contributed by atoms with Gasteiger partial charge in [0.05, 0.1) is 12.6 Å². The van der Waals surface area contributed by atoms with Crippen molar-refractivity contribution in [3.8, 4) is 0 Å². The van der Waals surface area contributed by atoms with Crippen molar-refractivity contribution in [2.24, 2.45) is 5.73 Å². The highest BCUT2D eigenvalue weighted by molar-refractivity contribution is 5.97. The normalized spacial score (nSPS) is 11.7. The number of amides is 3. The number of hydrogen-bond donors (Lipinski definition) is 3. The van der Waals surface area contributed by atoms with Crippen LogP contribution in [-0.2, 0) is 9.59 Å². The number of carbonyl (C=O) groups is 3.